The van der Waals surface area contributed by atoms with Crippen molar-refractivity contribution in [1.29, 1.82) is 0 Å². The lowest BCUT2D eigenvalue weighted by Crippen LogP contribution is -2.65. The first-order chi connectivity index (χ1) is 5.74. The SMILES string of the molecule is CCC(NC=O)(NC=O)NC=O. The Morgan fingerprint density at radius 3 is 1.50 bits per heavy atom. The molecule has 12 heavy (non-hydrogen) atoms. The first kappa shape index (κ1) is 10.4. The van der Waals surface area contributed by atoms with E-state index in [-0.39, 0.29) is 0 Å². The van der Waals surface area contributed by atoms with Gasteiger partial charge in [0.1, 0.15) is 0 Å². The molecule has 0 aliphatic rings. The molecule has 0 radical (unpaired) electrons. The third-order valence-corrected chi connectivity index (χ3v) is 1.45. The van der Waals surface area contributed by atoms with Crippen LogP contribution in [0.2, 0.25) is 0 Å². The molecule has 0 bridgehead atoms. The molecule has 3 amide bonds. The molecule has 0 aliphatic carbocycles. The molecule has 3 N–H and O–H groups in total. The molecule has 0 heterocycles. The summed E-state index contributed by atoms with van der Waals surface area (Å²) in [5.74, 6) is -1.16. The summed E-state index contributed by atoms with van der Waals surface area (Å²) in [6.45, 7) is 1.70. The van der Waals surface area contributed by atoms with Crippen molar-refractivity contribution < 1.29 is 14.4 Å². The number of carbonyl (C=O) groups excluding carboxylic acids is 3. The number of nitrogens with one attached hydrogen (secondary N) is 3. The molecule has 0 aromatic heterocycles. The van der Waals surface area contributed by atoms with E-state index in [1.54, 1.807) is 6.92 Å². The van der Waals surface area contributed by atoms with E-state index < -0.39 is 5.79 Å². The fourth-order valence-electron chi connectivity index (χ4n) is 0.733. The van der Waals surface area contributed by atoms with Gasteiger partial charge in [0, 0.05) is 6.42 Å². The largest absolute Gasteiger partial charge is 0.319 e. The molecule has 6 heteroatoms. The minimum absolute atomic E-state index is 0.350. The normalized spacial score (nSPS) is 9.75. The van der Waals surface area contributed by atoms with Gasteiger partial charge in [-0.15, -0.1) is 0 Å². The van der Waals surface area contributed by atoms with Gasteiger partial charge in [-0.1, -0.05) is 6.92 Å². The highest BCUT2D eigenvalue weighted by Crippen LogP contribution is 1.97. The van der Waals surface area contributed by atoms with Gasteiger partial charge in [0.2, 0.25) is 19.2 Å². The molecule has 0 aromatic rings. The standard InChI is InChI=1S/C6H11N3O3/c1-2-6(7-3-10,8-4-11)9-5-12/h3-5H,2H2,1H3,(H,7,10)(H,8,11)(H,9,12). The lowest BCUT2D eigenvalue weighted by molar-refractivity contribution is -0.118. The number of hydrogen-bond acceptors (Lipinski definition) is 3. The average molecular weight is 173 g/mol. The molecular formula is C6H11N3O3. The van der Waals surface area contributed by atoms with Crippen LogP contribution in [0.5, 0.6) is 0 Å². The highest BCUT2D eigenvalue weighted by molar-refractivity contribution is 5.56. The van der Waals surface area contributed by atoms with E-state index in [4.69, 9.17) is 0 Å². The van der Waals surface area contributed by atoms with E-state index in [1.807, 2.05) is 0 Å². The predicted molar refractivity (Wildman–Crippen MR) is 40.6 cm³/mol. The summed E-state index contributed by atoms with van der Waals surface area (Å²) < 4.78 is 0. The first-order valence-corrected chi connectivity index (χ1v) is 3.38. The fourth-order valence-corrected chi connectivity index (χ4v) is 0.733. The summed E-state index contributed by atoms with van der Waals surface area (Å²) in [7, 11) is 0. The van der Waals surface area contributed by atoms with Gasteiger partial charge >= 0.3 is 0 Å². The Kier molecular flexibility index (Phi) is 4.43. The van der Waals surface area contributed by atoms with Crippen molar-refractivity contribution >= 4 is 19.2 Å². The Hall–Kier alpha value is -1.59. The summed E-state index contributed by atoms with van der Waals surface area (Å²) in [6.07, 6.45) is 1.55. The second-order valence-corrected chi connectivity index (χ2v) is 2.05. The Balaban J connectivity index is 4.35. The molecule has 0 atom stereocenters. The smallest absolute Gasteiger partial charge is 0.210 e. The van der Waals surface area contributed by atoms with Gasteiger partial charge < -0.3 is 16.0 Å². The zero-order valence-electron chi connectivity index (χ0n) is 6.66. The van der Waals surface area contributed by atoms with Crippen LogP contribution in [0.15, 0.2) is 0 Å². The van der Waals surface area contributed by atoms with Crippen molar-refractivity contribution in [1.82, 2.24) is 16.0 Å². The molecule has 0 unspecified atom stereocenters. The number of hydrogen-bond donors (Lipinski definition) is 3. The molecule has 0 aromatic carbocycles. The van der Waals surface area contributed by atoms with Gasteiger partial charge in [0.05, 0.1) is 0 Å². The van der Waals surface area contributed by atoms with Gasteiger partial charge in [0.15, 0.2) is 5.79 Å². The number of amides is 3. The van der Waals surface area contributed by atoms with Gasteiger partial charge in [-0.3, -0.25) is 14.4 Å². The Bertz CT molecular complexity index is 145. The molecule has 0 saturated heterocycles. The molecule has 0 aliphatic heterocycles. The zero-order chi connectivity index (χ0) is 9.45. The van der Waals surface area contributed by atoms with Gasteiger partial charge in [-0.25, -0.2) is 0 Å². The van der Waals surface area contributed by atoms with Crippen LogP contribution in [0.4, 0.5) is 0 Å². The van der Waals surface area contributed by atoms with Crippen molar-refractivity contribution in [2.75, 3.05) is 0 Å². The summed E-state index contributed by atoms with van der Waals surface area (Å²) in [4.78, 5) is 30.3. The Labute approximate surface area is 69.7 Å². The highest BCUT2D eigenvalue weighted by atomic mass is 16.2. The van der Waals surface area contributed by atoms with Gasteiger partial charge in [-0.05, 0) is 0 Å². The van der Waals surface area contributed by atoms with Crippen molar-refractivity contribution in [3.05, 3.63) is 0 Å². The first-order valence-electron chi connectivity index (χ1n) is 3.38. The summed E-state index contributed by atoms with van der Waals surface area (Å²) in [5, 5.41) is 6.85. The van der Waals surface area contributed by atoms with E-state index in [0.29, 0.717) is 25.7 Å². The summed E-state index contributed by atoms with van der Waals surface area (Å²) in [6, 6.07) is 0. The van der Waals surface area contributed by atoms with E-state index in [2.05, 4.69) is 16.0 Å². The fraction of sp³-hybridized carbons (Fsp3) is 0.500. The van der Waals surface area contributed by atoms with Crippen molar-refractivity contribution in [2.45, 2.75) is 19.1 Å². The minimum atomic E-state index is -1.16. The van der Waals surface area contributed by atoms with Crippen LogP contribution >= 0.6 is 0 Å². The van der Waals surface area contributed by atoms with Crippen LogP contribution in [0.25, 0.3) is 0 Å². The van der Waals surface area contributed by atoms with Gasteiger partial charge in [0.25, 0.3) is 0 Å². The molecule has 68 valence electrons. The monoisotopic (exact) mass is 173 g/mol. The second kappa shape index (κ2) is 5.11. The average Bonchev–Trinajstić information content (AvgIpc) is 2.06. The van der Waals surface area contributed by atoms with E-state index in [9.17, 15) is 14.4 Å². The summed E-state index contributed by atoms with van der Waals surface area (Å²) >= 11 is 0. The van der Waals surface area contributed by atoms with Crippen molar-refractivity contribution in [3.63, 3.8) is 0 Å². The van der Waals surface area contributed by atoms with E-state index in [0.717, 1.165) is 0 Å². The van der Waals surface area contributed by atoms with Crippen LogP contribution in [0.1, 0.15) is 13.3 Å². The maximum atomic E-state index is 10.1. The topological polar surface area (TPSA) is 87.3 Å². The summed E-state index contributed by atoms with van der Waals surface area (Å²) in [5.41, 5.74) is 0. The van der Waals surface area contributed by atoms with Crippen LogP contribution in [0, 0.1) is 0 Å². The van der Waals surface area contributed by atoms with Crippen molar-refractivity contribution in [3.8, 4) is 0 Å². The van der Waals surface area contributed by atoms with E-state index in [1.165, 1.54) is 0 Å². The molecular weight excluding hydrogens is 162 g/mol. The molecule has 0 fully saturated rings. The molecule has 6 nitrogen and oxygen atoms in total. The third-order valence-electron chi connectivity index (χ3n) is 1.45. The molecule has 0 rings (SSSR count). The lowest BCUT2D eigenvalue weighted by atomic mass is 10.2. The molecule has 0 saturated carbocycles. The highest BCUT2D eigenvalue weighted by Gasteiger charge is 2.24. The van der Waals surface area contributed by atoms with Gasteiger partial charge in [-0.2, -0.15) is 0 Å². The minimum Gasteiger partial charge on any atom is -0.319 e. The lowest BCUT2D eigenvalue weighted by Gasteiger charge is -2.30. The maximum absolute atomic E-state index is 10.1. The Morgan fingerprint density at radius 2 is 1.33 bits per heavy atom. The quantitative estimate of drug-likeness (QED) is 0.316. The third kappa shape index (κ3) is 2.57. The zero-order valence-corrected chi connectivity index (χ0v) is 6.66. The second-order valence-electron chi connectivity index (χ2n) is 2.05. The van der Waals surface area contributed by atoms with Crippen LogP contribution < -0.4 is 16.0 Å². The maximum Gasteiger partial charge on any atom is 0.210 e. The Morgan fingerprint density at radius 1 is 1.00 bits per heavy atom. The van der Waals surface area contributed by atoms with Crippen LogP contribution in [-0.4, -0.2) is 25.0 Å². The predicted octanol–water partition coefficient (Wildman–Crippen LogP) is -1.71. The molecule has 0 spiro atoms. The van der Waals surface area contributed by atoms with Crippen LogP contribution in [0.3, 0.4) is 0 Å². The number of carbonyl (C=O) groups is 3. The van der Waals surface area contributed by atoms with Crippen molar-refractivity contribution in [2.24, 2.45) is 0 Å². The van der Waals surface area contributed by atoms with E-state index >= 15 is 0 Å². The number of rotatable bonds is 7. The van der Waals surface area contributed by atoms with Crippen LogP contribution in [-0.2, 0) is 14.4 Å².